The van der Waals surface area contributed by atoms with E-state index in [2.05, 4.69) is 19.9 Å². The van der Waals surface area contributed by atoms with E-state index in [4.69, 9.17) is 11.6 Å². The van der Waals surface area contributed by atoms with Crippen LogP contribution in [0.2, 0.25) is 5.15 Å². The van der Waals surface area contributed by atoms with E-state index in [9.17, 15) is 13.2 Å². The van der Waals surface area contributed by atoms with E-state index in [0.717, 1.165) is 25.9 Å². The van der Waals surface area contributed by atoms with Gasteiger partial charge >= 0.3 is 0 Å². The van der Waals surface area contributed by atoms with Crippen LogP contribution in [0, 0.1) is 5.41 Å². The molecule has 1 saturated heterocycles. The molecule has 172 valence electrons. The lowest BCUT2D eigenvalue weighted by Crippen LogP contribution is -2.40. The predicted octanol–water partition coefficient (Wildman–Crippen LogP) is 4.44. The number of carbonyl (C=O) groups is 1. The first kappa shape index (κ1) is 23.0. The maximum atomic E-state index is 13.1. The molecule has 0 radical (unpaired) electrons. The Morgan fingerprint density at radius 3 is 2.41 bits per heavy atom. The fourth-order valence-corrected chi connectivity index (χ4v) is 5.72. The average Bonchev–Trinajstić information content (AvgIpc) is 3.45. The van der Waals surface area contributed by atoms with E-state index < -0.39 is 15.6 Å². The molecule has 2 heterocycles. The summed E-state index contributed by atoms with van der Waals surface area (Å²) in [5.41, 5.74) is 0.699. The van der Waals surface area contributed by atoms with Gasteiger partial charge in [0.25, 0.3) is 5.91 Å². The van der Waals surface area contributed by atoms with Crippen molar-refractivity contribution in [3.8, 4) is 0 Å². The fourth-order valence-electron chi connectivity index (χ4n) is 4.11. The predicted molar refractivity (Wildman–Crippen MR) is 127 cm³/mol. The summed E-state index contributed by atoms with van der Waals surface area (Å²) in [5.74, 6) is 0.220. The first-order valence-electron chi connectivity index (χ1n) is 10.8. The minimum Gasteiger partial charge on any atom is -0.356 e. The van der Waals surface area contributed by atoms with E-state index in [1.165, 1.54) is 25.0 Å². The summed E-state index contributed by atoms with van der Waals surface area (Å²) in [6.07, 6.45) is 4.78. The topological polar surface area (TPSA) is 91.4 Å². The van der Waals surface area contributed by atoms with Crippen LogP contribution in [0.3, 0.4) is 0 Å². The molecule has 2 N–H and O–H groups in total. The summed E-state index contributed by atoms with van der Waals surface area (Å²) < 4.78 is 27.9. The van der Waals surface area contributed by atoms with Crippen molar-refractivity contribution in [2.75, 3.05) is 23.3 Å². The van der Waals surface area contributed by atoms with Gasteiger partial charge in [0, 0.05) is 24.3 Å². The van der Waals surface area contributed by atoms with Gasteiger partial charge in [-0.1, -0.05) is 17.7 Å². The van der Waals surface area contributed by atoms with Crippen LogP contribution in [0.15, 0.2) is 41.3 Å². The molecule has 2 aliphatic rings. The minimum absolute atomic E-state index is 0.0884. The van der Waals surface area contributed by atoms with Crippen molar-refractivity contribution >= 4 is 39.0 Å². The number of halogens is 1. The van der Waals surface area contributed by atoms with Crippen LogP contribution in [0.25, 0.3) is 0 Å². The van der Waals surface area contributed by atoms with Crippen molar-refractivity contribution in [3.63, 3.8) is 0 Å². The Hall–Kier alpha value is -2.16. The summed E-state index contributed by atoms with van der Waals surface area (Å²) >= 11 is 6.15. The number of aromatic nitrogens is 1. The maximum Gasteiger partial charge on any atom is 0.259 e. The summed E-state index contributed by atoms with van der Waals surface area (Å²) in [5, 5.41) is 3.16. The van der Waals surface area contributed by atoms with Crippen molar-refractivity contribution in [3.05, 3.63) is 47.1 Å². The van der Waals surface area contributed by atoms with Crippen LogP contribution >= 0.6 is 11.6 Å². The lowest BCUT2D eigenvalue weighted by Gasteiger charge is -2.33. The number of rotatable bonds is 5. The Morgan fingerprint density at radius 2 is 1.78 bits per heavy atom. The van der Waals surface area contributed by atoms with Crippen LogP contribution in [0.1, 0.15) is 56.8 Å². The number of nitrogens with one attached hydrogen (secondary N) is 2. The molecule has 9 heteroatoms. The second-order valence-corrected chi connectivity index (χ2v) is 11.9. The molecule has 32 heavy (non-hydrogen) atoms. The number of hydrogen-bond acceptors (Lipinski definition) is 5. The van der Waals surface area contributed by atoms with Crippen LogP contribution < -0.4 is 14.9 Å². The average molecular weight is 477 g/mol. The van der Waals surface area contributed by atoms with Crippen LogP contribution in [-0.4, -0.2) is 37.9 Å². The van der Waals surface area contributed by atoms with E-state index in [1.54, 1.807) is 45.0 Å². The molecule has 1 aromatic carbocycles. The standard InChI is InChI=1S/C23H29ClN4O3S/c1-22(2,3)27-32(30,31)17-6-4-5-16(15-17)25-21(29)18-7-8-19(24)26-20(18)28-13-11-23(9-10-23)12-14-28/h4-8,15,27H,9-14H2,1-3H3,(H,25,29). The van der Waals surface area contributed by atoms with E-state index >= 15 is 0 Å². The zero-order valence-corrected chi connectivity index (χ0v) is 20.2. The summed E-state index contributed by atoms with van der Waals surface area (Å²) in [7, 11) is -3.72. The Bertz CT molecular complexity index is 1130. The summed E-state index contributed by atoms with van der Waals surface area (Å²) in [6, 6.07) is 9.49. The number of carbonyl (C=O) groups excluding carboxylic acids is 1. The van der Waals surface area contributed by atoms with Gasteiger partial charge < -0.3 is 10.2 Å². The maximum absolute atomic E-state index is 13.1. The number of benzene rings is 1. The third-order valence-corrected chi connectivity index (χ3v) is 7.98. The molecule has 1 aliphatic carbocycles. The zero-order valence-electron chi connectivity index (χ0n) is 18.6. The van der Waals surface area contributed by atoms with Crippen molar-refractivity contribution in [1.82, 2.24) is 9.71 Å². The number of piperidine rings is 1. The highest BCUT2D eigenvalue weighted by Gasteiger charge is 2.44. The Balaban J connectivity index is 1.55. The van der Waals surface area contributed by atoms with Gasteiger partial charge in [0.05, 0.1) is 10.5 Å². The van der Waals surface area contributed by atoms with Gasteiger partial charge in [0.2, 0.25) is 10.0 Å². The monoisotopic (exact) mass is 476 g/mol. The van der Waals surface area contributed by atoms with Gasteiger partial charge in [-0.15, -0.1) is 0 Å². The molecule has 1 aromatic heterocycles. The highest BCUT2D eigenvalue weighted by atomic mass is 35.5. The molecule has 1 amide bonds. The van der Waals surface area contributed by atoms with Crippen molar-refractivity contribution in [1.29, 1.82) is 0 Å². The number of sulfonamides is 1. The second-order valence-electron chi connectivity index (χ2n) is 9.83. The van der Waals surface area contributed by atoms with Crippen LogP contribution in [-0.2, 0) is 10.0 Å². The summed E-state index contributed by atoms with van der Waals surface area (Å²) in [6.45, 7) is 7.02. The molecule has 4 rings (SSSR count). The number of amides is 1. The molecular weight excluding hydrogens is 448 g/mol. The number of anilines is 2. The minimum atomic E-state index is -3.72. The van der Waals surface area contributed by atoms with Crippen LogP contribution in [0.4, 0.5) is 11.5 Å². The van der Waals surface area contributed by atoms with Gasteiger partial charge in [-0.05, 0) is 82.2 Å². The molecule has 0 atom stereocenters. The molecule has 1 spiro atoms. The van der Waals surface area contributed by atoms with Gasteiger partial charge in [-0.3, -0.25) is 4.79 Å². The highest BCUT2D eigenvalue weighted by molar-refractivity contribution is 7.89. The molecule has 7 nitrogen and oxygen atoms in total. The molecule has 1 saturated carbocycles. The molecule has 0 unspecified atom stereocenters. The van der Waals surface area contributed by atoms with E-state index in [0.29, 0.717) is 27.6 Å². The fraction of sp³-hybridized carbons (Fsp3) is 0.478. The van der Waals surface area contributed by atoms with Crippen LogP contribution in [0.5, 0.6) is 0 Å². The number of nitrogens with zero attached hydrogens (tertiary/aromatic N) is 2. The Kier molecular flexibility index (Phi) is 5.98. The Labute approximate surface area is 194 Å². The van der Waals surface area contributed by atoms with Crippen molar-refractivity contribution in [2.45, 2.75) is 56.9 Å². The molecular formula is C23H29ClN4O3S. The van der Waals surface area contributed by atoms with Gasteiger partial charge in [-0.2, -0.15) is 0 Å². The van der Waals surface area contributed by atoms with E-state index in [-0.39, 0.29) is 10.8 Å². The highest BCUT2D eigenvalue weighted by Crippen LogP contribution is 2.54. The van der Waals surface area contributed by atoms with Gasteiger partial charge in [0.1, 0.15) is 11.0 Å². The van der Waals surface area contributed by atoms with Gasteiger partial charge in [0.15, 0.2) is 0 Å². The number of pyridine rings is 1. The SMILES string of the molecule is CC(C)(C)NS(=O)(=O)c1cccc(NC(=O)c2ccc(Cl)nc2N2CCC3(CC2)CC3)c1. The zero-order chi connectivity index (χ0) is 23.1. The first-order chi connectivity index (χ1) is 15.0. The van der Waals surface area contributed by atoms with Crippen molar-refractivity contribution < 1.29 is 13.2 Å². The van der Waals surface area contributed by atoms with E-state index in [1.807, 2.05) is 0 Å². The van der Waals surface area contributed by atoms with Gasteiger partial charge in [-0.25, -0.2) is 18.1 Å². The molecule has 1 aliphatic heterocycles. The second kappa shape index (κ2) is 8.32. The molecule has 0 bridgehead atoms. The largest absolute Gasteiger partial charge is 0.356 e. The third-order valence-electron chi connectivity index (χ3n) is 6.01. The molecule has 2 fully saturated rings. The smallest absolute Gasteiger partial charge is 0.259 e. The Morgan fingerprint density at radius 1 is 1.09 bits per heavy atom. The number of hydrogen-bond donors (Lipinski definition) is 2. The quantitative estimate of drug-likeness (QED) is 0.622. The first-order valence-corrected chi connectivity index (χ1v) is 12.7. The normalized spacial score (nSPS) is 17.9. The third kappa shape index (κ3) is 5.24. The molecule has 2 aromatic rings. The summed E-state index contributed by atoms with van der Waals surface area (Å²) in [4.78, 5) is 19.8. The lowest BCUT2D eigenvalue weighted by atomic mass is 9.93. The van der Waals surface area contributed by atoms with Crippen molar-refractivity contribution in [2.24, 2.45) is 5.41 Å². The lowest BCUT2D eigenvalue weighted by molar-refractivity contribution is 0.102.